The van der Waals surface area contributed by atoms with E-state index >= 15 is 0 Å². The topological polar surface area (TPSA) is 18.5 Å². The van der Waals surface area contributed by atoms with Crippen LogP contribution in [0.4, 0.5) is 0 Å². The first-order chi connectivity index (χ1) is 8.69. The van der Waals surface area contributed by atoms with Gasteiger partial charge in [-0.3, -0.25) is 0 Å². The SMILES string of the molecule is COCC(C1CCCCCC1)C(CC(C)C)OC. The molecule has 0 spiro atoms. The van der Waals surface area contributed by atoms with Crippen molar-refractivity contribution in [3.8, 4) is 0 Å². The molecule has 18 heavy (non-hydrogen) atoms. The van der Waals surface area contributed by atoms with Gasteiger partial charge in [0.1, 0.15) is 0 Å². The highest BCUT2D eigenvalue weighted by atomic mass is 16.5. The van der Waals surface area contributed by atoms with Crippen LogP contribution in [0.1, 0.15) is 58.8 Å². The Bertz CT molecular complexity index is 193. The molecule has 2 unspecified atom stereocenters. The van der Waals surface area contributed by atoms with Gasteiger partial charge in [0.15, 0.2) is 0 Å². The highest BCUT2D eigenvalue weighted by molar-refractivity contribution is 4.80. The van der Waals surface area contributed by atoms with Gasteiger partial charge in [-0.15, -0.1) is 0 Å². The van der Waals surface area contributed by atoms with E-state index in [2.05, 4.69) is 13.8 Å². The number of ether oxygens (including phenoxy) is 2. The molecule has 0 aromatic rings. The fraction of sp³-hybridized carbons (Fsp3) is 1.00. The summed E-state index contributed by atoms with van der Waals surface area (Å²) in [6, 6.07) is 0. The van der Waals surface area contributed by atoms with Crippen LogP contribution >= 0.6 is 0 Å². The van der Waals surface area contributed by atoms with Gasteiger partial charge >= 0.3 is 0 Å². The van der Waals surface area contributed by atoms with E-state index in [1.54, 1.807) is 0 Å². The molecule has 1 fully saturated rings. The largest absolute Gasteiger partial charge is 0.384 e. The second-order valence-corrected chi connectivity index (χ2v) is 6.27. The van der Waals surface area contributed by atoms with Crippen LogP contribution in [-0.4, -0.2) is 26.9 Å². The Labute approximate surface area is 113 Å². The molecule has 0 radical (unpaired) electrons. The van der Waals surface area contributed by atoms with Crippen molar-refractivity contribution in [3.63, 3.8) is 0 Å². The maximum atomic E-state index is 5.79. The summed E-state index contributed by atoms with van der Waals surface area (Å²) in [7, 11) is 3.69. The number of hydrogen-bond acceptors (Lipinski definition) is 2. The Hall–Kier alpha value is -0.0800. The van der Waals surface area contributed by atoms with E-state index in [0.29, 0.717) is 17.9 Å². The highest BCUT2D eigenvalue weighted by Gasteiger charge is 2.30. The Morgan fingerprint density at radius 2 is 1.61 bits per heavy atom. The number of rotatable bonds is 7. The van der Waals surface area contributed by atoms with E-state index in [0.717, 1.165) is 18.9 Å². The van der Waals surface area contributed by atoms with E-state index in [4.69, 9.17) is 9.47 Å². The van der Waals surface area contributed by atoms with Gasteiger partial charge in [0.2, 0.25) is 0 Å². The maximum Gasteiger partial charge on any atom is 0.0626 e. The van der Waals surface area contributed by atoms with Gasteiger partial charge in [0, 0.05) is 20.1 Å². The van der Waals surface area contributed by atoms with Gasteiger partial charge in [0.25, 0.3) is 0 Å². The molecule has 0 amide bonds. The molecular weight excluding hydrogens is 224 g/mol. The first-order valence-corrected chi connectivity index (χ1v) is 7.70. The van der Waals surface area contributed by atoms with Gasteiger partial charge in [-0.25, -0.2) is 0 Å². The predicted octanol–water partition coefficient (Wildman–Crippen LogP) is 4.28. The van der Waals surface area contributed by atoms with Crippen LogP contribution in [-0.2, 0) is 9.47 Å². The van der Waals surface area contributed by atoms with Crippen LogP contribution in [0, 0.1) is 17.8 Å². The van der Waals surface area contributed by atoms with E-state index in [1.165, 1.54) is 38.5 Å². The van der Waals surface area contributed by atoms with E-state index in [-0.39, 0.29) is 0 Å². The minimum absolute atomic E-state index is 0.369. The molecule has 1 aliphatic carbocycles. The summed E-state index contributed by atoms with van der Waals surface area (Å²) in [6.07, 6.45) is 9.87. The smallest absolute Gasteiger partial charge is 0.0626 e. The Kier molecular flexibility index (Phi) is 7.92. The molecule has 2 nitrogen and oxygen atoms in total. The summed E-state index contributed by atoms with van der Waals surface area (Å²) in [5.74, 6) is 2.08. The van der Waals surface area contributed by atoms with Gasteiger partial charge in [0.05, 0.1) is 12.7 Å². The lowest BCUT2D eigenvalue weighted by Crippen LogP contribution is -2.34. The van der Waals surface area contributed by atoms with Crippen molar-refractivity contribution < 1.29 is 9.47 Å². The van der Waals surface area contributed by atoms with E-state index in [9.17, 15) is 0 Å². The summed E-state index contributed by atoms with van der Waals surface area (Å²) < 4.78 is 11.3. The molecule has 0 aliphatic heterocycles. The average molecular weight is 256 g/mol. The summed E-state index contributed by atoms with van der Waals surface area (Å²) in [5.41, 5.74) is 0. The number of methoxy groups -OCH3 is 2. The zero-order valence-electron chi connectivity index (χ0n) is 12.8. The lowest BCUT2D eigenvalue weighted by Gasteiger charge is -2.33. The zero-order chi connectivity index (χ0) is 13.4. The van der Waals surface area contributed by atoms with E-state index in [1.807, 2.05) is 14.2 Å². The molecule has 0 aromatic heterocycles. The molecule has 0 aromatic carbocycles. The molecule has 0 N–H and O–H groups in total. The molecule has 2 atom stereocenters. The summed E-state index contributed by atoms with van der Waals surface area (Å²) in [5, 5.41) is 0. The van der Waals surface area contributed by atoms with Gasteiger partial charge in [-0.05, 0) is 18.3 Å². The van der Waals surface area contributed by atoms with Crippen LogP contribution in [0.3, 0.4) is 0 Å². The zero-order valence-corrected chi connectivity index (χ0v) is 12.8. The third-order valence-corrected chi connectivity index (χ3v) is 4.35. The standard InChI is InChI=1S/C16H32O2/c1-13(2)11-16(18-4)15(12-17-3)14-9-7-5-6-8-10-14/h13-16H,5-12H2,1-4H3. The highest BCUT2D eigenvalue weighted by Crippen LogP contribution is 2.33. The number of hydrogen-bond donors (Lipinski definition) is 0. The molecular formula is C16H32O2. The normalized spacial score (nSPS) is 21.8. The molecule has 0 saturated heterocycles. The fourth-order valence-electron chi connectivity index (χ4n) is 3.39. The fourth-order valence-corrected chi connectivity index (χ4v) is 3.39. The molecule has 0 bridgehead atoms. The monoisotopic (exact) mass is 256 g/mol. The summed E-state index contributed by atoms with van der Waals surface area (Å²) >= 11 is 0. The van der Waals surface area contributed by atoms with Crippen molar-refractivity contribution in [2.75, 3.05) is 20.8 Å². The minimum Gasteiger partial charge on any atom is -0.384 e. The quantitative estimate of drug-likeness (QED) is 0.633. The summed E-state index contributed by atoms with van der Waals surface area (Å²) in [6.45, 7) is 5.42. The third-order valence-electron chi connectivity index (χ3n) is 4.35. The van der Waals surface area contributed by atoms with Crippen LogP contribution in [0.2, 0.25) is 0 Å². The van der Waals surface area contributed by atoms with Crippen molar-refractivity contribution in [2.24, 2.45) is 17.8 Å². The maximum absolute atomic E-state index is 5.79. The van der Waals surface area contributed by atoms with Crippen molar-refractivity contribution in [2.45, 2.75) is 64.9 Å². The van der Waals surface area contributed by atoms with Crippen LogP contribution in [0.5, 0.6) is 0 Å². The second kappa shape index (κ2) is 8.92. The molecule has 2 heteroatoms. The molecule has 1 saturated carbocycles. The third kappa shape index (κ3) is 5.27. The van der Waals surface area contributed by atoms with Crippen molar-refractivity contribution in [3.05, 3.63) is 0 Å². The Balaban J connectivity index is 2.64. The molecule has 0 heterocycles. The molecule has 108 valence electrons. The van der Waals surface area contributed by atoms with Crippen molar-refractivity contribution in [1.29, 1.82) is 0 Å². The van der Waals surface area contributed by atoms with Crippen molar-refractivity contribution in [1.82, 2.24) is 0 Å². The van der Waals surface area contributed by atoms with Crippen LogP contribution < -0.4 is 0 Å². The van der Waals surface area contributed by atoms with Crippen molar-refractivity contribution >= 4 is 0 Å². The van der Waals surface area contributed by atoms with Gasteiger partial charge < -0.3 is 9.47 Å². The lowest BCUT2D eigenvalue weighted by molar-refractivity contribution is -0.0250. The average Bonchev–Trinajstić information content (AvgIpc) is 2.62. The van der Waals surface area contributed by atoms with E-state index < -0.39 is 0 Å². The van der Waals surface area contributed by atoms with Gasteiger partial charge in [-0.2, -0.15) is 0 Å². The second-order valence-electron chi connectivity index (χ2n) is 6.27. The molecule has 1 aliphatic rings. The first-order valence-electron chi connectivity index (χ1n) is 7.70. The Morgan fingerprint density at radius 3 is 2.06 bits per heavy atom. The van der Waals surface area contributed by atoms with Crippen LogP contribution in [0.15, 0.2) is 0 Å². The minimum atomic E-state index is 0.369. The summed E-state index contributed by atoms with van der Waals surface area (Å²) in [4.78, 5) is 0. The molecule has 1 rings (SSSR count). The Morgan fingerprint density at radius 1 is 1.00 bits per heavy atom. The predicted molar refractivity (Wildman–Crippen MR) is 76.8 cm³/mol. The van der Waals surface area contributed by atoms with Crippen LogP contribution in [0.25, 0.3) is 0 Å². The first kappa shape index (κ1) is 16.0. The lowest BCUT2D eigenvalue weighted by atomic mass is 9.80. The van der Waals surface area contributed by atoms with Gasteiger partial charge in [-0.1, -0.05) is 52.4 Å².